The molecule has 0 radical (unpaired) electrons. The van der Waals surface area contributed by atoms with Crippen LogP contribution in [0.5, 0.6) is 0 Å². The van der Waals surface area contributed by atoms with Gasteiger partial charge in [0, 0.05) is 24.8 Å². The van der Waals surface area contributed by atoms with Gasteiger partial charge in [0.05, 0.1) is 12.7 Å². The van der Waals surface area contributed by atoms with E-state index in [-0.39, 0.29) is 23.5 Å². The van der Waals surface area contributed by atoms with E-state index in [1.807, 2.05) is 0 Å². The van der Waals surface area contributed by atoms with Crippen molar-refractivity contribution in [3.05, 3.63) is 29.6 Å². The molecule has 1 atom stereocenters. The lowest BCUT2D eigenvalue weighted by molar-refractivity contribution is 0.101. The van der Waals surface area contributed by atoms with E-state index in [4.69, 9.17) is 0 Å². The maximum absolute atomic E-state index is 13.7. The van der Waals surface area contributed by atoms with Gasteiger partial charge in [-0.3, -0.25) is 4.79 Å². The Morgan fingerprint density at radius 1 is 1.45 bits per heavy atom. The summed E-state index contributed by atoms with van der Waals surface area (Å²) in [6, 6.07) is 4.46. The van der Waals surface area contributed by atoms with Crippen molar-refractivity contribution in [1.29, 1.82) is 0 Å². The lowest BCUT2D eigenvalue weighted by Gasteiger charge is -2.18. The molecule has 1 amide bonds. The van der Waals surface area contributed by atoms with Crippen LogP contribution in [-0.2, 0) is 4.74 Å². The number of nitrogens with zero attached hydrogens (tertiary/aromatic N) is 1. The number of Topliss-reactive ketones (excluding diaryl/α,β-unsaturated/α-hetero) is 1. The number of amides is 1. The van der Waals surface area contributed by atoms with Crippen LogP contribution in [-0.4, -0.2) is 43.0 Å². The number of benzene rings is 1. The molecular formula is C14H17FN2O3. The van der Waals surface area contributed by atoms with Crippen LogP contribution in [0, 0.1) is 5.82 Å². The molecule has 1 saturated heterocycles. The topological polar surface area (TPSA) is 58.6 Å². The second-order valence-electron chi connectivity index (χ2n) is 4.76. The second kappa shape index (κ2) is 5.90. The molecule has 1 aliphatic heterocycles. The van der Waals surface area contributed by atoms with E-state index in [1.54, 1.807) is 17.0 Å². The van der Waals surface area contributed by atoms with Crippen LogP contribution in [0.15, 0.2) is 18.2 Å². The summed E-state index contributed by atoms with van der Waals surface area (Å²) < 4.78 is 18.3. The van der Waals surface area contributed by atoms with Crippen LogP contribution in [0.3, 0.4) is 0 Å². The molecule has 108 valence electrons. The number of likely N-dealkylation sites (tertiary alicyclic amines) is 1. The number of ketones is 1. The maximum atomic E-state index is 13.7. The second-order valence-corrected chi connectivity index (χ2v) is 4.76. The zero-order valence-corrected chi connectivity index (χ0v) is 11.5. The molecule has 0 aromatic heterocycles. The van der Waals surface area contributed by atoms with Crippen LogP contribution in [0.1, 0.15) is 23.7 Å². The molecule has 1 N–H and O–H groups in total. The van der Waals surface area contributed by atoms with Gasteiger partial charge in [0.1, 0.15) is 5.82 Å². The van der Waals surface area contributed by atoms with Gasteiger partial charge < -0.3 is 15.0 Å². The first kappa shape index (κ1) is 14.3. The Labute approximate surface area is 116 Å². The average molecular weight is 280 g/mol. The van der Waals surface area contributed by atoms with Crippen molar-refractivity contribution in [3.8, 4) is 0 Å². The molecule has 1 fully saturated rings. The van der Waals surface area contributed by atoms with E-state index in [0.717, 1.165) is 6.42 Å². The van der Waals surface area contributed by atoms with Crippen LogP contribution in [0.2, 0.25) is 0 Å². The number of halogens is 1. The maximum Gasteiger partial charge on any atom is 0.409 e. The normalized spacial score (nSPS) is 17.9. The Bertz CT molecular complexity index is 533. The standard InChI is InChI=1S/C14H17FN2O3/c1-9(18)13-11(15)4-3-5-12(13)16-10-6-7-17(8-10)14(19)20-2/h3-5,10,16H,6-8H2,1-2H3/t10-/m0/s1. The summed E-state index contributed by atoms with van der Waals surface area (Å²) in [5.74, 6) is -0.862. The number of rotatable bonds is 3. The number of anilines is 1. The van der Waals surface area contributed by atoms with Gasteiger partial charge in [-0.05, 0) is 25.5 Å². The molecule has 1 heterocycles. The first-order chi connectivity index (χ1) is 9.52. The Hall–Kier alpha value is -2.11. The van der Waals surface area contributed by atoms with Crippen LogP contribution in [0.25, 0.3) is 0 Å². The molecule has 0 aliphatic carbocycles. The number of hydrogen-bond donors (Lipinski definition) is 1. The number of methoxy groups -OCH3 is 1. The smallest absolute Gasteiger partial charge is 0.409 e. The van der Waals surface area contributed by atoms with Crippen molar-refractivity contribution in [2.75, 3.05) is 25.5 Å². The molecule has 2 rings (SSSR count). The van der Waals surface area contributed by atoms with Gasteiger partial charge in [0.25, 0.3) is 0 Å². The molecule has 5 nitrogen and oxygen atoms in total. The third-order valence-electron chi connectivity index (χ3n) is 3.35. The summed E-state index contributed by atoms with van der Waals surface area (Å²) >= 11 is 0. The van der Waals surface area contributed by atoms with Gasteiger partial charge in [-0.2, -0.15) is 0 Å². The van der Waals surface area contributed by atoms with Gasteiger partial charge in [0.15, 0.2) is 5.78 Å². The van der Waals surface area contributed by atoms with Crippen molar-refractivity contribution < 1.29 is 18.7 Å². The van der Waals surface area contributed by atoms with Crippen LogP contribution >= 0.6 is 0 Å². The summed E-state index contributed by atoms with van der Waals surface area (Å²) in [6.45, 7) is 2.38. The van der Waals surface area contributed by atoms with E-state index in [2.05, 4.69) is 10.1 Å². The lowest BCUT2D eigenvalue weighted by atomic mass is 10.1. The number of nitrogens with one attached hydrogen (secondary N) is 1. The summed E-state index contributed by atoms with van der Waals surface area (Å²) in [5, 5.41) is 3.13. The van der Waals surface area contributed by atoms with Crippen molar-refractivity contribution >= 4 is 17.6 Å². The SMILES string of the molecule is COC(=O)N1CC[C@H](Nc2cccc(F)c2C(C)=O)C1. The van der Waals surface area contributed by atoms with Crippen molar-refractivity contribution in [2.45, 2.75) is 19.4 Å². The molecule has 0 spiro atoms. The highest BCUT2D eigenvalue weighted by atomic mass is 19.1. The molecule has 6 heteroatoms. The summed E-state index contributed by atoms with van der Waals surface area (Å²) in [4.78, 5) is 24.5. The molecule has 0 saturated carbocycles. The zero-order valence-electron chi connectivity index (χ0n) is 11.5. The highest BCUT2D eigenvalue weighted by Gasteiger charge is 2.27. The van der Waals surface area contributed by atoms with Gasteiger partial charge in [-0.1, -0.05) is 6.07 Å². The Morgan fingerprint density at radius 2 is 2.20 bits per heavy atom. The minimum Gasteiger partial charge on any atom is -0.453 e. The molecule has 20 heavy (non-hydrogen) atoms. The lowest BCUT2D eigenvalue weighted by Crippen LogP contribution is -2.31. The molecule has 0 bridgehead atoms. The van der Waals surface area contributed by atoms with E-state index in [1.165, 1.54) is 20.1 Å². The van der Waals surface area contributed by atoms with Crippen LogP contribution in [0.4, 0.5) is 14.9 Å². The van der Waals surface area contributed by atoms with Crippen molar-refractivity contribution in [2.24, 2.45) is 0 Å². The molecular weight excluding hydrogens is 263 g/mol. The Morgan fingerprint density at radius 3 is 2.85 bits per heavy atom. The fraction of sp³-hybridized carbons (Fsp3) is 0.429. The fourth-order valence-corrected chi connectivity index (χ4v) is 2.40. The first-order valence-corrected chi connectivity index (χ1v) is 6.41. The minimum atomic E-state index is -0.537. The molecule has 1 aliphatic rings. The number of ether oxygens (including phenoxy) is 1. The molecule has 1 aromatic rings. The van der Waals surface area contributed by atoms with Crippen molar-refractivity contribution in [3.63, 3.8) is 0 Å². The third-order valence-corrected chi connectivity index (χ3v) is 3.35. The summed E-state index contributed by atoms with van der Waals surface area (Å²) in [7, 11) is 1.34. The van der Waals surface area contributed by atoms with E-state index >= 15 is 0 Å². The predicted molar refractivity (Wildman–Crippen MR) is 72.4 cm³/mol. The Balaban J connectivity index is 2.10. The quantitative estimate of drug-likeness (QED) is 0.863. The highest BCUT2D eigenvalue weighted by Crippen LogP contribution is 2.23. The average Bonchev–Trinajstić information content (AvgIpc) is 2.86. The summed E-state index contributed by atoms with van der Waals surface area (Å²) in [6.07, 6.45) is 0.350. The number of hydrogen-bond acceptors (Lipinski definition) is 4. The minimum absolute atomic E-state index is 0.0194. The Kier molecular flexibility index (Phi) is 4.22. The summed E-state index contributed by atoms with van der Waals surface area (Å²) in [5.41, 5.74) is 0.526. The van der Waals surface area contributed by atoms with Gasteiger partial charge in [-0.15, -0.1) is 0 Å². The third kappa shape index (κ3) is 2.89. The van der Waals surface area contributed by atoms with Gasteiger partial charge in [-0.25, -0.2) is 9.18 Å². The fourth-order valence-electron chi connectivity index (χ4n) is 2.40. The van der Waals surface area contributed by atoms with Gasteiger partial charge in [0.2, 0.25) is 0 Å². The van der Waals surface area contributed by atoms with E-state index in [9.17, 15) is 14.0 Å². The number of carbonyl (C=O) groups is 2. The predicted octanol–water partition coefficient (Wildman–Crippen LogP) is 2.28. The zero-order chi connectivity index (χ0) is 14.7. The molecule has 0 unspecified atom stereocenters. The number of carbonyl (C=O) groups excluding carboxylic acids is 2. The van der Waals surface area contributed by atoms with E-state index < -0.39 is 5.82 Å². The van der Waals surface area contributed by atoms with Crippen molar-refractivity contribution in [1.82, 2.24) is 4.90 Å². The van der Waals surface area contributed by atoms with Crippen LogP contribution < -0.4 is 5.32 Å². The van der Waals surface area contributed by atoms with Gasteiger partial charge >= 0.3 is 6.09 Å². The largest absolute Gasteiger partial charge is 0.453 e. The van der Waals surface area contributed by atoms with E-state index in [0.29, 0.717) is 18.8 Å². The molecule has 1 aromatic carbocycles. The monoisotopic (exact) mass is 280 g/mol. The first-order valence-electron chi connectivity index (χ1n) is 6.41. The highest BCUT2D eigenvalue weighted by molar-refractivity contribution is 5.99.